The lowest BCUT2D eigenvalue weighted by Crippen LogP contribution is -2.30. The molecule has 1 fully saturated rings. The average molecular weight is 689 g/mol. The third-order valence-electron chi connectivity index (χ3n) is 8.99. The van der Waals surface area contributed by atoms with Crippen LogP contribution < -0.4 is 16.5 Å². The van der Waals surface area contributed by atoms with Crippen molar-refractivity contribution in [3.8, 4) is 11.1 Å². The van der Waals surface area contributed by atoms with Gasteiger partial charge in [-0.25, -0.2) is 9.97 Å². The topological polar surface area (TPSA) is 138 Å². The zero-order chi connectivity index (χ0) is 35.6. The van der Waals surface area contributed by atoms with Gasteiger partial charge in [0.15, 0.2) is 17.4 Å². The Morgan fingerprint density at radius 2 is 1.56 bits per heavy atom. The summed E-state index contributed by atoms with van der Waals surface area (Å²) in [7, 11) is -1.51. The third kappa shape index (κ3) is 9.95. The van der Waals surface area contributed by atoms with Crippen LogP contribution in [0.1, 0.15) is 71.6 Å². The van der Waals surface area contributed by atoms with Crippen molar-refractivity contribution in [3.05, 3.63) is 119 Å². The van der Waals surface area contributed by atoms with Crippen LogP contribution in [0, 0.1) is 11.8 Å². The molecule has 0 amide bonds. The Kier molecular flexibility index (Phi) is 12.7. The number of halogens is 1. The van der Waals surface area contributed by atoms with E-state index in [0.29, 0.717) is 39.3 Å². The van der Waals surface area contributed by atoms with Crippen molar-refractivity contribution in [3.63, 3.8) is 0 Å². The van der Waals surface area contributed by atoms with Crippen LogP contribution in [0.5, 0.6) is 0 Å². The third-order valence-corrected chi connectivity index (χ3v) is 9.22. The van der Waals surface area contributed by atoms with Gasteiger partial charge >= 0.3 is 7.12 Å². The molecule has 4 aromatic carbocycles. The van der Waals surface area contributed by atoms with Crippen LogP contribution in [0.25, 0.3) is 34.2 Å². The number of benzene rings is 4. The number of nitrogens with one attached hydrogen (secondary N) is 1. The Morgan fingerprint density at radius 1 is 0.860 bits per heavy atom. The summed E-state index contributed by atoms with van der Waals surface area (Å²) < 4.78 is 0. The van der Waals surface area contributed by atoms with E-state index in [4.69, 9.17) is 37.4 Å². The second-order valence-corrected chi connectivity index (χ2v) is 13.2. The lowest BCUT2D eigenvalue weighted by Gasteiger charge is -2.28. The molecular formula is C40H42BClN4O4. The van der Waals surface area contributed by atoms with Gasteiger partial charge in [0, 0.05) is 28.1 Å². The monoisotopic (exact) mass is 688 g/mol. The molecule has 1 heterocycles. The molecule has 1 saturated carbocycles. The molecule has 5 aromatic rings. The van der Waals surface area contributed by atoms with Gasteiger partial charge in [0.05, 0.1) is 5.52 Å². The van der Waals surface area contributed by atoms with Crippen molar-refractivity contribution in [2.24, 2.45) is 17.6 Å². The van der Waals surface area contributed by atoms with Crippen molar-refractivity contribution >= 4 is 64.6 Å². The number of ketones is 2. The van der Waals surface area contributed by atoms with Gasteiger partial charge in [-0.05, 0) is 104 Å². The summed E-state index contributed by atoms with van der Waals surface area (Å²) in [4.78, 5) is 32.2. The number of nitrogens with two attached hydrogens (primary N) is 1. The van der Waals surface area contributed by atoms with Crippen LogP contribution in [0.3, 0.4) is 0 Å². The highest BCUT2D eigenvalue weighted by Gasteiger charge is 2.21. The molecule has 1 aliphatic rings. The summed E-state index contributed by atoms with van der Waals surface area (Å²) in [6.45, 7) is 4.67. The van der Waals surface area contributed by atoms with Crippen LogP contribution in [-0.2, 0) is 0 Å². The zero-order valence-electron chi connectivity index (χ0n) is 28.4. The van der Waals surface area contributed by atoms with Crippen molar-refractivity contribution in [2.75, 3.05) is 18.4 Å². The maximum atomic E-state index is 11.7. The van der Waals surface area contributed by atoms with Crippen LogP contribution in [0.2, 0.25) is 5.02 Å². The van der Waals surface area contributed by atoms with E-state index in [2.05, 4.69) is 29.6 Å². The minimum absolute atomic E-state index is 0.0652. The van der Waals surface area contributed by atoms with Gasteiger partial charge < -0.3 is 21.1 Å². The molecule has 6 rings (SSSR count). The Labute approximate surface area is 298 Å². The molecule has 2 unspecified atom stereocenters. The summed E-state index contributed by atoms with van der Waals surface area (Å²) in [5, 5.41) is 22.8. The first-order valence-corrected chi connectivity index (χ1v) is 17.2. The molecule has 256 valence electrons. The normalized spacial score (nSPS) is 15.7. The van der Waals surface area contributed by atoms with E-state index in [1.54, 1.807) is 25.1 Å². The Hall–Kier alpha value is -4.67. The molecule has 10 heteroatoms. The average Bonchev–Trinajstić information content (AvgIpc) is 3.13. The van der Waals surface area contributed by atoms with Crippen LogP contribution in [0.4, 0.5) is 5.82 Å². The first-order chi connectivity index (χ1) is 24.1. The molecule has 1 aromatic heterocycles. The van der Waals surface area contributed by atoms with Crippen molar-refractivity contribution in [1.82, 2.24) is 9.97 Å². The maximum absolute atomic E-state index is 11.7. The number of carbonyl (C=O) groups excluding carboxylic acids is 2. The summed E-state index contributed by atoms with van der Waals surface area (Å²) in [6, 6.07) is 28.0. The van der Waals surface area contributed by atoms with Gasteiger partial charge in [-0.15, -0.1) is 0 Å². The van der Waals surface area contributed by atoms with Gasteiger partial charge in [0.25, 0.3) is 0 Å². The number of aromatic nitrogens is 2. The number of Topliss-reactive ketones (excluding diaryl/α,β-unsaturated/α-hetero) is 2. The minimum Gasteiger partial charge on any atom is -0.423 e. The van der Waals surface area contributed by atoms with Crippen molar-refractivity contribution < 1.29 is 19.6 Å². The molecule has 1 aliphatic carbocycles. The molecule has 0 radical (unpaired) electrons. The van der Waals surface area contributed by atoms with E-state index >= 15 is 0 Å². The smallest absolute Gasteiger partial charge is 0.423 e. The predicted octanol–water partition coefficient (Wildman–Crippen LogP) is 7.07. The molecule has 50 heavy (non-hydrogen) atoms. The lowest BCUT2D eigenvalue weighted by molar-refractivity contribution is 0.100. The van der Waals surface area contributed by atoms with E-state index in [-0.39, 0.29) is 11.6 Å². The fourth-order valence-electron chi connectivity index (χ4n) is 6.17. The number of anilines is 1. The van der Waals surface area contributed by atoms with Crippen molar-refractivity contribution in [1.29, 1.82) is 0 Å². The fraction of sp³-hybridized carbons (Fsp3) is 0.250. The first-order valence-electron chi connectivity index (χ1n) is 16.9. The number of hydrogen-bond acceptors (Lipinski definition) is 8. The van der Waals surface area contributed by atoms with Crippen LogP contribution in [0.15, 0.2) is 91.0 Å². The zero-order valence-corrected chi connectivity index (χ0v) is 29.1. The van der Waals surface area contributed by atoms with Gasteiger partial charge in [-0.3, -0.25) is 9.59 Å². The van der Waals surface area contributed by atoms with Gasteiger partial charge in [-0.1, -0.05) is 90.8 Å². The molecular weight excluding hydrogens is 647 g/mol. The number of nitrogens with zero attached hydrogens (tertiary/aromatic N) is 2. The highest BCUT2D eigenvalue weighted by atomic mass is 35.5. The van der Waals surface area contributed by atoms with Gasteiger partial charge in [0.1, 0.15) is 5.82 Å². The molecule has 0 aliphatic heterocycles. The fourth-order valence-corrected chi connectivity index (χ4v) is 6.33. The van der Waals surface area contributed by atoms with Gasteiger partial charge in [-0.2, -0.15) is 0 Å². The largest absolute Gasteiger partial charge is 0.488 e. The molecule has 0 bridgehead atoms. The molecule has 0 spiro atoms. The quantitative estimate of drug-likeness (QED) is 0.0903. The minimum atomic E-state index is -1.51. The summed E-state index contributed by atoms with van der Waals surface area (Å²) >= 11 is 6.29. The summed E-state index contributed by atoms with van der Waals surface area (Å²) in [5.74, 6) is 2.67. The standard InChI is InChI=1S/C32H33ClN4O.C8H9BO3/c1-21(38)26-6-3-7-27(17-26)25-11-8-22(9-12-25)10-15-31-36-30-18-28(33)13-14-29(30)32(37-31)35-20-24-5-2-4-23(16-24)19-34;1-6(10)7-3-2-4-8(5-7)9(11)12/h3,6-15,17-18,23-24H,2,4-5,16,19-20,34H2,1H3,(H,35,36,37);2-5,11-12H,1H3/b15-10+;. The second kappa shape index (κ2) is 17.3. The lowest BCUT2D eigenvalue weighted by atomic mass is 9.79. The molecule has 2 atom stereocenters. The van der Waals surface area contributed by atoms with E-state index in [1.165, 1.54) is 38.7 Å². The Morgan fingerprint density at radius 3 is 2.26 bits per heavy atom. The SMILES string of the molecule is CC(=O)c1cccc(-c2ccc(/C=C/c3nc(NCC4CCCC(CN)C4)c4ccc(Cl)cc4n3)cc2)c1.CC(=O)c1cccc(B(O)O)c1. The Balaban J connectivity index is 0.000000343. The summed E-state index contributed by atoms with van der Waals surface area (Å²) in [6.07, 6.45) is 8.81. The molecule has 5 N–H and O–H groups in total. The molecule has 8 nitrogen and oxygen atoms in total. The Bertz CT molecular complexity index is 1980. The second-order valence-electron chi connectivity index (χ2n) is 12.8. The number of hydrogen-bond donors (Lipinski definition) is 4. The van der Waals surface area contributed by atoms with Gasteiger partial charge in [0.2, 0.25) is 0 Å². The highest BCUT2D eigenvalue weighted by molar-refractivity contribution is 6.58. The number of carbonyl (C=O) groups is 2. The summed E-state index contributed by atoms with van der Waals surface area (Å²) in [5.41, 5.74) is 11.4. The predicted molar refractivity (Wildman–Crippen MR) is 205 cm³/mol. The number of fused-ring (bicyclic) bond motifs is 1. The van der Waals surface area contributed by atoms with Crippen LogP contribution >= 0.6 is 11.6 Å². The maximum Gasteiger partial charge on any atom is 0.488 e. The first kappa shape index (κ1) is 36.6. The van der Waals surface area contributed by atoms with Crippen LogP contribution in [-0.4, -0.2) is 51.8 Å². The molecule has 0 saturated heterocycles. The number of rotatable bonds is 10. The van der Waals surface area contributed by atoms with E-state index in [9.17, 15) is 9.59 Å². The highest BCUT2D eigenvalue weighted by Crippen LogP contribution is 2.30. The van der Waals surface area contributed by atoms with Crippen molar-refractivity contribution in [2.45, 2.75) is 39.5 Å². The van der Waals surface area contributed by atoms with E-state index < -0.39 is 7.12 Å². The van der Waals surface area contributed by atoms with E-state index in [0.717, 1.165) is 46.5 Å². The van der Waals surface area contributed by atoms with E-state index in [1.807, 2.05) is 54.6 Å².